The van der Waals surface area contributed by atoms with Gasteiger partial charge in [-0.25, -0.2) is 0 Å². The Hall–Kier alpha value is 1.08. The van der Waals surface area contributed by atoms with E-state index in [1.54, 1.807) is 0 Å². The first kappa shape index (κ1) is 11.1. The summed E-state index contributed by atoms with van der Waals surface area (Å²) >= 11 is -1.07. The van der Waals surface area contributed by atoms with Gasteiger partial charge in [-0.3, -0.25) is 0 Å². The van der Waals surface area contributed by atoms with E-state index >= 15 is 0 Å². The van der Waals surface area contributed by atoms with Crippen molar-refractivity contribution in [3.05, 3.63) is 0 Å². The zero-order valence-electron chi connectivity index (χ0n) is 6.64. The Kier molecular flexibility index (Phi) is 9.06. The van der Waals surface area contributed by atoms with Crippen molar-refractivity contribution in [2.24, 2.45) is 0 Å². The van der Waals surface area contributed by atoms with E-state index in [9.17, 15) is 0 Å². The molecule has 0 heterocycles. The zero-order chi connectivity index (χ0) is 7.82. The SMILES string of the molecule is CCN(CC)CC[O][In][Cl]. The van der Waals surface area contributed by atoms with Crippen LogP contribution in [0.1, 0.15) is 13.8 Å². The number of likely N-dealkylation sites (N-methyl/N-ethyl adjacent to an activating group) is 1. The Balaban J connectivity index is 3.09. The second-order valence-electron chi connectivity index (χ2n) is 1.99. The Morgan fingerprint density at radius 2 is 2.00 bits per heavy atom. The Labute approximate surface area is 78.4 Å². The van der Waals surface area contributed by atoms with Crippen LogP contribution in [0.15, 0.2) is 0 Å². The van der Waals surface area contributed by atoms with Gasteiger partial charge in [0.25, 0.3) is 0 Å². The van der Waals surface area contributed by atoms with Gasteiger partial charge in [0.2, 0.25) is 0 Å². The predicted octanol–water partition coefficient (Wildman–Crippen LogP) is 1.12. The monoisotopic (exact) mass is 266 g/mol. The van der Waals surface area contributed by atoms with E-state index in [4.69, 9.17) is 11.4 Å². The molecule has 0 saturated carbocycles. The molecular weight excluding hydrogens is 252 g/mol. The maximum atomic E-state index is 5.52. The van der Waals surface area contributed by atoms with E-state index < -0.39 is 22.2 Å². The van der Waals surface area contributed by atoms with Gasteiger partial charge in [-0.15, -0.1) is 0 Å². The standard InChI is InChI=1S/C6H14NO.ClH.In/c1-3-7(4-2)5-6-8;;/h3-6H2,1-2H3;1H;/q-1;;+2/p-1. The number of rotatable bonds is 6. The van der Waals surface area contributed by atoms with Crippen LogP contribution in [0.2, 0.25) is 0 Å². The molecule has 0 aliphatic carbocycles. The zero-order valence-corrected chi connectivity index (χ0v) is 10.7. The van der Waals surface area contributed by atoms with E-state index in [0.717, 1.165) is 26.2 Å². The van der Waals surface area contributed by atoms with E-state index in [2.05, 4.69) is 18.7 Å². The fourth-order valence-electron chi connectivity index (χ4n) is 0.766. The van der Waals surface area contributed by atoms with Gasteiger partial charge in [-0.1, -0.05) is 0 Å². The molecule has 0 aromatic carbocycles. The van der Waals surface area contributed by atoms with Crippen molar-refractivity contribution in [2.45, 2.75) is 13.8 Å². The van der Waals surface area contributed by atoms with Gasteiger partial charge in [-0.05, 0) is 0 Å². The molecular formula is C6H14ClInNO. The van der Waals surface area contributed by atoms with Gasteiger partial charge in [0.05, 0.1) is 0 Å². The van der Waals surface area contributed by atoms with Crippen LogP contribution in [0.25, 0.3) is 0 Å². The minimum absolute atomic E-state index is 0.826. The maximum absolute atomic E-state index is 5.52. The minimum atomic E-state index is -1.07. The third-order valence-electron chi connectivity index (χ3n) is 1.48. The summed E-state index contributed by atoms with van der Waals surface area (Å²) in [5.41, 5.74) is 0. The fourth-order valence-corrected chi connectivity index (χ4v) is 1.92. The van der Waals surface area contributed by atoms with Gasteiger partial charge >= 0.3 is 78.6 Å². The molecule has 1 radical (unpaired) electrons. The van der Waals surface area contributed by atoms with Crippen LogP contribution in [0, 0.1) is 0 Å². The van der Waals surface area contributed by atoms with Gasteiger partial charge in [0.1, 0.15) is 0 Å². The molecule has 59 valence electrons. The van der Waals surface area contributed by atoms with Crippen LogP contribution < -0.4 is 0 Å². The average molecular weight is 266 g/mol. The molecule has 0 rings (SSSR count). The number of hydrogen-bond acceptors (Lipinski definition) is 2. The average Bonchev–Trinajstić information content (AvgIpc) is 1.99. The van der Waals surface area contributed by atoms with Gasteiger partial charge in [0, 0.05) is 0 Å². The fraction of sp³-hybridized carbons (Fsp3) is 1.00. The summed E-state index contributed by atoms with van der Waals surface area (Å²) in [4.78, 5) is 2.33. The van der Waals surface area contributed by atoms with Crippen molar-refractivity contribution < 1.29 is 2.85 Å². The van der Waals surface area contributed by atoms with Crippen molar-refractivity contribution in [1.82, 2.24) is 4.90 Å². The summed E-state index contributed by atoms with van der Waals surface area (Å²) in [6.07, 6.45) is 0. The number of halogens is 1. The quantitative estimate of drug-likeness (QED) is 0.668. The molecule has 0 aliphatic heterocycles. The normalized spacial score (nSPS) is 10.4. The Bertz CT molecular complexity index is 70.8. The molecule has 0 atom stereocenters. The summed E-state index contributed by atoms with van der Waals surface area (Å²) in [7, 11) is 5.52. The predicted molar refractivity (Wildman–Crippen MR) is 45.3 cm³/mol. The van der Waals surface area contributed by atoms with E-state index in [-0.39, 0.29) is 0 Å². The summed E-state index contributed by atoms with van der Waals surface area (Å²) in [5, 5.41) is 0. The van der Waals surface area contributed by atoms with E-state index in [0.29, 0.717) is 0 Å². The van der Waals surface area contributed by atoms with Crippen LogP contribution in [0.3, 0.4) is 0 Å². The van der Waals surface area contributed by atoms with Crippen LogP contribution in [0.5, 0.6) is 0 Å². The number of nitrogens with zero attached hydrogens (tertiary/aromatic N) is 1. The first-order valence-corrected chi connectivity index (χ1v) is 9.12. The van der Waals surface area contributed by atoms with Crippen LogP contribution in [-0.4, -0.2) is 53.3 Å². The van der Waals surface area contributed by atoms with E-state index in [1.807, 2.05) is 0 Å². The topological polar surface area (TPSA) is 12.5 Å². The van der Waals surface area contributed by atoms with Gasteiger partial charge < -0.3 is 0 Å². The third kappa shape index (κ3) is 5.83. The molecule has 4 heteroatoms. The summed E-state index contributed by atoms with van der Waals surface area (Å²) in [6, 6.07) is 0. The van der Waals surface area contributed by atoms with Crippen molar-refractivity contribution in [3.8, 4) is 0 Å². The second-order valence-corrected chi connectivity index (χ2v) is 4.64. The first-order valence-electron chi connectivity index (χ1n) is 3.61. The summed E-state index contributed by atoms with van der Waals surface area (Å²) in [6.45, 7) is 8.39. The molecule has 0 amide bonds. The van der Waals surface area contributed by atoms with Crippen molar-refractivity contribution in [2.75, 3.05) is 26.2 Å². The Morgan fingerprint density at radius 3 is 2.40 bits per heavy atom. The molecule has 0 saturated heterocycles. The Morgan fingerprint density at radius 1 is 1.40 bits per heavy atom. The van der Waals surface area contributed by atoms with Gasteiger partial charge in [-0.2, -0.15) is 0 Å². The molecule has 0 aliphatic rings. The molecule has 0 fully saturated rings. The second kappa shape index (κ2) is 8.18. The molecule has 0 spiro atoms. The molecule has 0 N–H and O–H groups in total. The van der Waals surface area contributed by atoms with Gasteiger partial charge in [0.15, 0.2) is 0 Å². The molecule has 0 aromatic rings. The number of hydrogen-bond donors (Lipinski definition) is 0. The van der Waals surface area contributed by atoms with Crippen LogP contribution in [0.4, 0.5) is 0 Å². The first-order chi connectivity index (χ1) is 4.85. The molecule has 0 unspecified atom stereocenters. The van der Waals surface area contributed by atoms with Crippen molar-refractivity contribution in [1.29, 1.82) is 0 Å². The van der Waals surface area contributed by atoms with Crippen LogP contribution >= 0.6 is 8.58 Å². The van der Waals surface area contributed by atoms with Crippen molar-refractivity contribution in [3.63, 3.8) is 0 Å². The molecule has 0 aromatic heterocycles. The van der Waals surface area contributed by atoms with E-state index in [1.165, 1.54) is 0 Å². The summed E-state index contributed by atoms with van der Waals surface area (Å²) < 4.78 is 5.18. The summed E-state index contributed by atoms with van der Waals surface area (Å²) in [5.74, 6) is 0. The van der Waals surface area contributed by atoms with Crippen molar-refractivity contribution >= 4 is 30.7 Å². The molecule has 10 heavy (non-hydrogen) atoms. The molecule has 0 bridgehead atoms. The third-order valence-corrected chi connectivity index (χ3v) is 3.36. The van der Waals surface area contributed by atoms with Crippen LogP contribution in [-0.2, 0) is 2.85 Å². The molecule has 2 nitrogen and oxygen atoms in total.